The van der Waals surface area contributed by atoms with Crippen LogP contribution in [0.3, 0.4) is 0 Å². The van der Waals surface area contributed by atoms with Gasteiger partial charge in [-0.15, -0.1) is 0 Å². The molecule has 1 N–H and O–H groups in total. The highest BCUT2D eigenvalue weighted by molar-refractivity contribution is 7.90. The molecule has 0 atom stereocenters. The number of aldehydes is 1. The van der Waals surface area contributed by atoms with E-state index in [-0.39, 0.29) is 21.9 Å². The van der Waals surface area contributed by atoms with Gasteiger partial charge in [0.1, 0.15) is 5.69 Å². The number of benzene rings is 2. The molecule has 1 heterocycles. The number of aromatic hydroxyl groups is 1. The Bertz CT molecular complexity index is 927. The van der Waals surface area contributed by atoms with Crippen LogP contribution in [0, 0.1) is 0 Å². The van der Waals surface area contributed by atoms with Crippen molar-refractivity contribution in [2.24, 2.45) is 0 Å². The Kier molecular flexibility index (Phi) is 3.03. The van der Waals surface area contributed by atoms with Crippen molar-refractivity contribution in [3.63, 3.8) is 0 Å². The number of carbonyl (C=O) groups is 1. The van der Waals surface area contributed by atoms with E-state index in [0.29, 0.717) is 11.7 Å². The third-order valence-electron chi connectivity index (χ3n) is 3.23. The first-order chi connectivity index (χ1) is 10.1. The minimum absolute atomic E-state index is 0.0499. The van der Waals surface area contributed by atoms with Crippen molar-refractivity contribution in [2.75, 3.05) is 0 Å². The molecule has 21 heavy (non-hydrogen) atoms. The van der Waals surface area contributed by atoms with Crippen LogP contribution in [0.5, 0.6) is 5.75 Å². The van der Waals surface area contributed by atoms with E-state index in [1.807, 2.05) is 0 Å². The summed E-state index contributed by atoms with van der Waals surface area (Å²) in [4.78, 5) is 11.3. The highest BCUT2D eigenvalue weighted by Crippen LogP contribution is 2.33. The lowest BCUT2D eigenvalue weighted by molar-refractivity contribution is 0.111. The van der Waals surface area contributed by atoms with Crippen molar-refractivity contribution >= 4 is 27.2 Å². The number of hydrogen-bond donors (Lipinski definition) is 1. The summed E-state index contributed by atoms with van der Waals surface area (Å²) >= 11 is 0. The lowest BCUT2D eigenvalue weighted by atomic mass is 10.2. The maximum atomic E-state index is 12.7. The van der Waals surface area contributed by atoms with Gasteiger partial charge in [-0.05, 0) is 24.3 Å². The largest absolute Gasteiger partial charge is 0.505 e. The van der Waals surface area contributed by atoms with Crippen molar-refractivity contribution in [3.05, 3.63) is 60.3 Å². The van der Waals surface area contributed by atoms with Gasteiger partial charge in [0.15, 0.2) is 12.0 Å². The maximum absolute atomic E-state index is 12.7. The highest BCUT2D eigenvalue weighted by Gasteiger charge is 2.26. The first-order valence-electron chi connectivity index (χ1n) is 6.15. The molecule has 6 heteroatoms. The molecule has 0 aliphatic carbocycles. The van der Waals surface area contributed by atoms with Gasteiger partial charge in [-0.1, -0.05) is 30.3 Å². The number of para-hydroxylation sites is 1. The van der Waals surface area contributed by atoms with Gasteiger partial charge in [-0.25, -0.2) is 12.4 Å². The van der Waals surface area contributed by atoms with Crippen LogP contribution in [0.25, 0.3) is 10.9 Å². The van der Waals surface area contributed by atoms with E-state index in [1.165, 1.54) is 12.1 Å². The minimum atomic E-state index is -3.96. The Morgan fingerprint density at radius 2 is 1.57 bits per heavy atom. The van der Waals surface area contributed by atoms with E-state index in [9.17, 15) is 18.3 Å². The van der Waals surface area contributed by atoms with Gasteiger partial charge in [0.25, 0.3) is 10.0 Å². The Labute approximate surface area is 121 Å². The van der Waals surface area contributed by atoms with Crippen molar-refractivity contribution < 1.29 is 18.3 Å². The second-order valence-corrected chi connectivity index (χ2v) is 6.24. The molecule has 3 rings (SSSR count). The molecule has 0 fully saturated rings. The summed E-state index contributed by atoms with van der Waals surface area (Å²) in [7, 11) is -3.96. The number of hydrogen-bond acceptors (Lipinski definition) is 4. The molecule has 106 valence electrons. The van der Waals surface area contributed by atoms with E-state index in [0.717, 1.165) is 3.97 Å². The Morgan fingerprint density at radius 1 is 0.952 bits per heavy atom. The van der Waals surface area contributed by atoms with Gasteiger partial charge in [0.2, 0.25) is 0 Å². The summed E-state index contributed by atoms with van der Waals surface area (Å²) in [6.45, 7) is 0. The van der Waals surface area contributed by atoms with Crippen LogP contribution >= 0.6 is 0 Å². The zero-order valence-electron chi connectivity index (χ0n) is 10.8. The second kappa shape index (κ2) is 4.75. The number of rotatable bonds is 3. The second-order valence-electron chi connectivity index (χ2n) is 4.45. The first kappa shape index (κ1) is 13.4. The SMILES string of the molecule is O=Cc1c(O)c2ccccc2n1S(=O)(=O)c1ccccc1. The summed E-state index contributed by atoms with van der Waals surface area (Å²) in [6.07, 6.45) is 0.343. The third-order valence-corrected chi connectivity index (χ3v) is 4.97. The van der Waals surface area contributed by atoms with Crippen molar-refractivity contribution in [1.82, 2.24) is 3.97 Å². The van der Waals surface area contributed by atoms with Crippen LogP contribution in [0.4, 0.5) is 0 Å². The molecule has 0 radical (unpaired) electrons. The number of carbonyl (C=O) groups excluding carboxylic acids is 1. The van der Waals surface area contributed by atoms with E-state index in [1.54, 1.807) is 42.5 Å². The molecule has 0 spiro atoms. The first-order valence-corrected chi connectivity index (χ1v) is 7.59. The standard InChI is InChI=1S/C15H11NO4S/c17-10-14-15(18)12-8-4-5-9-13(12)16(14)21(19,20)11-6-2-1-3-7-11/h1-10,18H. The molecule has 0 saturated heterocycles. The topological polar surface area (TPSA) is 76.4 Å². The van der Waals surface area contributed by atoms with Crippen LogP contribution in [-0.4, -0.2) is 23.8 Å². The van der Waals surface area contributed by atoms with Gasteiger partial charge in [0, 0.05) is 5.39 Å². The summed E-state index contributed by atoms with van der Waals surface area (Å²) < 4.78 is 26.3. The fraction of sp³-hybridized carbons (Fsp3) is 0. The summed E-state index contributed by atoms with van der Waals surface area (Å²) in [5.41, 5.74) is -0.0130. The molecule has 0 unspecified atom stereocenters. The summed E-state index contributed by atoms with van der Waals surface area (Å²) in [5.74, 6) is -0.333. The molecule has 0 aliphatic heterocycles. The molecule has 2 aromatic carbocycles. The van der Waals surface area contributed by atoms with E-state index in [4.69, 9.17) is 0 Å². The van der Waals surface area contributed by atoms with Crippen LogP contribution in [0.1, 0.15) is 10.5 Å². The van der Waals surface area contributed by atoms with Gasteiger partial charge in [-0.3, -0.25) is 4.79 Å². The average Bonchev–Trinajstić information content (AvgIpc) is 2.81. The van der Waals surface area contributed by atoms with E-state index in [2.05, 4.69) is 0 Å². The Balaban J connectivity index is 2.43. The number of fused-ring (bicyclic) bond motifs is 1. The Hall–Kier alpha value is -2.60. The highest BCUT2D eigenvalue weighted by atomic mass is 32.2. The van der Waals surface area contributed by atoms with Crippen molar-refractivity contribution in [2.45, 2.75) is 4.90 Å². The lowest BCUT2D eigenvalue weighted by Gasteiger charge is -2.08. The number of aromatic nitrogens is 1. The Morgan fingerprint density at radius 3 is 2.24 bits per heavy atom. The van der Waals surface area contributed by atoms with E-state index < -0.39 is 10.0 Å². The summed E-state index contributed by atoms with van der Waals surface area (Å²) in [6, 6.07) is 14.2. The molecule has 0 aliphatic rings. The van der Waals surface area contributed by atoms with Gasteiger partial charge in [-0.2, -0.15) is 0 Å². The minimum Gasteiger partial charge on any atom is -0.505 e. The van der Waals surface area contributed by atoms with Crippen molar-refractivity contribution in [1.29, 1.82) is 0 Å². The lowest BCUT2D eigenvalue weighted by Crippen LogP contribution is -2.15. The average molecular weight is 301 g/mol. The number of nitrogens with zero attached hydrogens (tertiary/aromatic N) is 1. The quantitative estimate of drug-likeness (QED) is 0.754. The predicted octanol–water partition coefficient (Wildman–Crippen LogP) is 2.40. The third kappa shape index (κ3) is 1.92. The fourth-order valence-corrected chi connectivity index (χ4v) is 3.79. The fourth-order valence-electron chi connectivity index (χ4n) is 2.28. The zero-order valence-corrected chi connectivity index (χ0v) is 11.6. The van der Waals surface area contributed by atoms with Gasteiger partial charge >= 0.3 is 0 Å². The zero-order chi connectivity index (χ0) is 15.0. The normalized spacial score (nSPS) is 11.6. The molecule has 5 nitrogen and oxygen atoms in total. The van der Waals surface area contributed by atoms with Gasteiger partial charge < -0.3 is 5.11 Å². The van der Waals surface area contributed by atoms with Crippen molar-refractivity contribution in [3.8, 4) is 5.75 Å². The maximum Gasteiger partial charge on any atom is 0.268 e. The molecular formula is C15H11NO4S. The van der Waals surface area contributed by atoms with Crippen LogP contribution < -0.4 is 0 Å². The monoisotopic (exact) mass is 301 g/mol. The molecular weight excluding hydrogens is 290 g/mol. The molecule has 0 bridgehead atoms. The van der Waals surface area contributed by atoms with Crippen LogP contribution in [0.15, 0.2) is 59.5 Å². The summed E-state index contributed by atoms with van der Waals surface area (Å²) in [5, 5.41) is 10.4. The van der Waals surface area contributed by atoms with Crippen LogP contribution in [-0.2, 0) is 10.0 Å². The van der Waals surface area contributed by atoms with Gasteiger partial charge in [0.05, 0.1) is 10.4 Å². The molecule has 3 aromatic rings. The molecule has 0 amide bonds. The predicted molar refractivity (Wildman–Crippen MR) is 78.0 cm³/mol. The smallest absolute Gasteiger partial charge is 0.268 e. The van der Waals surface area contributed by atoms with E-state index >= 15 is 0 Å². The van der Waals surface area contributed by atoms with Crippen LogP contribution in [0.2, 0.25) is 0 Å². The molecule has 0 saturated carbocycles. The molecule has 1 aromatic heterocycles.